The molecule has 0 bridgehead atoms. The first-order chi connectivity index (χ1) is 13.6. The monoisotopic (exact) mass is 378 g/mol. The van der Waals surface area contributed by atoms with Gasteiger partial charge in [0, 0.05) is 24.0 Å². The van der Waals surface area contributed by atoms with Crippen molar-refractivity contribution in [3.05, 3.63) is 78.6 Å². The highest BCUT2D eigenvalue weighted by atomic mass is 19.1. The van der Waals surface area contributed by atoms with Gasteiger partial charge in [-0.1, -0.05) is 37.3 Å². The summed E-state index contributed by atoms with van der Waals surface area (Å²) in [5.41, 5.74) is 4.30. The molecule has 3 rings (SSSR count). The van der Waals surface area contributed by atoms with Gasteiger partial charge in [-0.15, -0.1) is 0 Å². The van der Waals surface area contributed by atoms with Crippen LogP contribution >= 0.6 is 0 Å². The Morgan fingerprint density at radius 1 is 1.00 bits per heavy atom. The van der Waals surface area contributed by atoms with Crippen LogP contribution in [0.3, 0.4) is 0 Å². The third kappa shape index (κ3) is 4.68. The molecule has 0 aromatic heterocycles. The van der Waals surface area contributed by atoms with Crippen molar-refractivity contribution >= 4 is 23.2 Å². The maximum absolute atomic E-state index is 13.2. The van der Waals surface area contributed by atoms with E-state index in [9.17, 15) is 9.18 Å². The van der Waals surface area contributed by atoms with E-state index < -0.39 is 6.09 Å². The van der Waals surface area contributed by atoms with E-state index in [4.69, 9.17) is 4.74 Å². The molecule has 5 heteroatoms. The van der Waals surface area contributed by atoms with Crippen LogP contribution in [0, 0.1) is 5.82 Å². The lowest BCUT2D eigenvalue weighted by molar-refractivity contribution is 0.161. The molecule has 0 spiro atoms. The Kier molecular flexibility index (Phi) is 6.27. The molecule has 1 N–H and O–H groups in total. The van der Waals surface area contributed by atoms with Crippen LogP contribution in [0.5, 0.6) is 0 Å². The molecule has 1 amide bonds. The van der Waals surface area contributed by atoms with E-state index in [1.54, 1.807) is 12.1 Å². The molecule has 0 aliphatic rings. The fraction of sp³-hybridized carbons (Fsp3) is 0.174. The predicted octanol–water partition coefficient (Wildman–Crippen LogP) is 6.22. The second kappa shape index (κ2) is 9.04. The Bertz CT molecular complexity index is 927. The molecule has 0 saturated carbocycles. The van der Waals surface area contributed by atoms with Gasteiger partial charge in [-0.2, -0.15) is 0 Å². The van der Waals surface area contributed by atoms with Crippen molar-refractivity contribution in [2.45, 2.75) is 13.3 Å². The lowest BCUT2D eigenvalue weighted by atomic mass is 10.0. The number of nitrogens with zero attached hydrogens (tertiary/aromatic N) is 1. The summed E-state index contributed by atoms with van der Waals surface area (Å²) in [7, 11) is 1.92. The van der Waals surface area contributed by atoms with Crippen LogP contribution in [-0.2, 0) is 4.74 Å². The van der Waals surface area contributed by atoms with Crippen LogP contribution in [-0.4, -0.2) is 19.7 Å². The first kappa shape index (κ1) is 19.4. The molecule has 144 valence electrons. The summed E-state index contributed by atoms with van der Waals surface area (Å²) < 4.78 is 18.4. The second-order valence-electron chi connectivity index (χ2n) is 6.39. The average molecular weight is 378 g/mol. The van der Waals surface area contributed by atoms with Gasteiger partial charge in [-0.05, 0) is 54.4 Å². The van der Waals surface area contributed by atoms with Crippen molar-refractivity contribution in [1.29, 1.82) is 0 Å². The molecule has 3 aromatic carbocycles. The minimum absolute atomic E-state index is 0.271. The minimum Gasteiger partial charge on any atom is -0.449 e. The predicted molar refractivity (Wildman–Crippen MR) is 112 cm³/mol. The SMILES string of the molecule is CCCOC(=O)Nc1ccc(N(C)c2ccc(F)cc2)cc1-c1ccccc1. The molecule has 3 aromatic rings. The number of hydrogen-bond donors (Lipinski definition) is 1. The molecule has 0 unspecified atom stereocenters. The molecule has 0 heterocycles. The minimum atomic E-state index is -0.473. The second-order valence-corrected chi connectivity index (χ2v) is 6.39. The van der Waals surface area contributed by atoms with Crippen molar-refractivity contribution in [1.82, 2.24) is 0 Å². The van der Waals surface area contributed by atoms with Crippen LogP contribution in [0.15, 0.2) is 72.8 Å². The van der Waals surface area contributed by atoms with Gasteiger partial charge in [0.2, 0.25) is 0 Å². The van der Waals surface area contributed by atoms with Gasteiger partial charge in [0.15, 0.2) is 0 Å². The molecule has 0 fully saturated rings. The van der Waals surface area contributed by atoms with Gasteiger partial charge in [0.1, 0.15) is 5.82 Å². The van der Waals surface area contributed by atoms with Crippen molar-refractivity contribution in [2.75, 3.05) is 23.9 Å². The van der Waals surface area contributed by atoms with Crippen LogP contribution in [0.1, 0.15) is 13.3 Å². The third-order valence-corrected chi connectivity index (χ3v) is 4.36. The standard InChI is InChI=1S/C23H23FN2O2/c1-3-15-28-23(27)25-22-14-13-20(16-21(22)17-7-5-4-6-8-17)26(2)19-11-9-18(24)10-12-19/h4-14,16H,3,15H2,1-2H3,(H,25,27). The first-order valence-electron chi connectivity index (χ1n) is 9.21. The van der Waals surface area contributed by atoms with Crippen LogP contribution < -0.4 is 10.2 Å². The Hall–Kier alpha value is -3.34. The lowest BCUT2D eigenvalue weighted by Gasteiger charge is -2.22. The smallest absolute Gasteiger partial charge is 0.411 e. The summed E-state index contributed by atoms with van der Waals surface area (Å²) in [6, 6.07) is 21.9. The zero-order valence-electron chi connectivity index (χ0n) is 16.0. The number of anilines is 3. The molecule has 0 atom stereocenters. The molecule has 0 saturated heterocycles. The summed E-state index contributed by atoms with van der Waals surface area (Å²) in [6.07, 6.45) is 0.291. The molecule has 28 heavy (non-hydrogen) atoms. The highest BCUT2D eigenvalue weighted by molar-refractivity contribution is 5.93. The zero-order chi connectivity index (χ0) is 19.9. The first-order valence-corrected chi connectivity index (χ1v) is 9.21. The van der Waals surface area contributed by atoms with Gasteiger partial charge in [0.05, 0.1) is 12.3 Å². The Morgan fingerprint density at radius 2 is 1.68 bits per heavy atom. The number of rotatable bonds is 6. The fourth-order valence-electron chi connectivity index (χ4n) is 2.86. The van der Waals surface area contributed by atoms with E-state index in [0.717, 1.165) is 28.9 Å². The van der Waals surface area contributed by atoms with E-state index in [2.05, 4.69) is 5.32 Å². The Labute approximate surface area is 164 Å². The number of benzene rings is 3. The topological polar surface area (TPSA) is 41.6 Å². The summed E-state index contributed by atoms with van der Waals surface area (Å²) in [5.74, 6) is -0.271. The number of carbonyl (C=O) groups excluding carboxylic acids is 1. The van der Waals surface area contributed by atoms with E-state index in [1.807, 2.05) is 67.4 Å². The Morgan fingerprint density at radius 3 is 2.36 bits per heavy atom. The highest BCUT2D eigenvalue weighted by Gasteiger charge is 2.13. The van der Waals surface area contributed by atoms with Crippen molar-refractivity contribution in [3.63, 3.8) is 0 Å². The quantitative estimate of drug-likeness (QED) is 0.554. The van der Waals surface area contributed by atoms with Crippen LogP contribution in [0.25, 0.3) is 11.1 Å². The average Bonchev–Trinajstić information content (AvgIpc) is 2.73. The van der Waals surface area contributed by atoms with E-state index in [-0.39, 0.29) is 5.82 Å². The van der Waals surface area contributed by atoms with Gasteiger partial charge in [-0.3, -0.25) is 5.32 Å². The molecule has 0 radical (unpaired) electrons. The molecule has 4 nitrogen and oxygen atoms in total. The van der Waals surface area contributed by atoms with Crippen molar-refractivity contribution in [3.8, 4) is 11.1 Å². The number of hydrogen-bond acceptors (Lipinski definition) is 3. The van der Waals surface area contributed by atoms with E-state index in [1.165, 1.54) is 12.1 Å². The van der Waals surface area contributed by atoms with Crippen molar-refractivity contribution in [2.24, 2.45) is 0 Å². The van der Waals surface area contributed by atoms with Gasteiger partial charge < -0.3 is 9.64 Å². The molecule has 0 aliphatic carbocycles. The van der Waals surface area contributed by atoms with Crippen LogP contribution in [0.2, 0.25) is 0 Å². The number of halogens is 1. The van der Waals surface area contributed by atoms with Crippen molar-refractivity contribution < 1.29 is 13.9 Å². The zero-order valence-corrected chi connectivity index (χ0v) is 16.0. The van der Waals surface area contributed by atoms with Gasteiger partial charge in [0.25, 0.3) is 0 Å². The molecular weight excluding hydrogens is 355 g/mol. The van der Waals surface area contributed by atoms with Crippen LogP contribution in [0.4, 0.5) is 26.2 Å². The van der Waals surface area contributed by atoms with Gasteiger partial charge in [-0.25, -0.2) is 9.18 Å². The maximum Gasteiger partial charge on any atom is 0.411 e. The summed E-state index contributed by atoms with van der Waals surface area (Å²) in [6.45, 7) is 2.32. The normalized spacial score (nSPS) is 10.4. The molecular formula is C23H23FN2O2. The Balaban J connectivity index is 1.95. The maximum atomic E-state index is 13.2. The lowest BCUT2D eigenvalue weighted by Crippen LogP contribution is -2.15. The number of ether oxygens (including phenoxy) is 1. The third-order valence-electron chi connectivity index (χ3n) is 4.36. The number of carbonyl (C=O) groups is 1. The van der Waals surface area contributed by atoms with Gasteiger partial charge >= 0.3 is 6.09 Å². The summed E-state index contributed by atoms with van der Waals surface area (Å²) in [5, 5.41) is 2.83. The summed E-state index contributed by atoms with van der Waals surface area (Å²) in [4.78, 5) is 14.0. The molecule has 0 aliphatic heterocycles. The highest BCUT2D eigenvalue weighted by Crippen LogP contribution is 2.34. The van der Waals surface area contributed by atoms with E-state index >= 15 is 0 Å². The fourth-order valence-corrected chi connectivity index (χ4v) is 2.86. The summed E-state index contributed by atoms with van der Waals surface area (Å²) >= 11 is 0. The largest absolute Gasteiger partial charge is 0.449 e. The number of nitrogens with one attached hydrogen (secondary N) is 1. The number of amides is 1. The van der Waals surface area contributed by atoms with E-state index in [0.29, 0.717) is 12.3 Å².